The summed E-state index contributed by atoms with van der Waals surface area (Å²) in [7, 11) is 1.80. The summed E-state index contributed by atoms with van der Waals surface area (Å²) in [5, 5.41) is 7.89. The van der Waals surface area contributed by atoms with Gasteiger partial charge in [-0.1, -0.05) is 19.9 Å². The number of aryl methyl sites for hydroxylation is 1. The van der Waals surface area contributed by atoms with Crippen LogP contribution in [-0.2, 0) is 19.4 Å². The zero-order valence-corrected chi connectivity index (χ0v) is 18.1. The Morgan fingerprint density at radius 1 is 1.21 bits per heavy atom. The number of hydrogen-bond acceptors (Lipinski definition) is 5. The van der Waals surface area contributed by atoms with E-state index in [1.165, 1.54) is 22.7 Å². The minimum absolute atomic E-state index is 0.710. The van der Waals surface area contributed by atoms with Gasteiger partial charge in [-0.15, -0.1) is 11.3 Å². The highest BCUT2D eigenvalue weighted by atomic mass is 32.1. The highest BCUT2D eigenvalue weighted by Crippen LogP contribution is 2.21. The molecule has 1 aliphatic rings. The number of hydrogen-bond donors (Lipinski definition) is 2. The third-order valence-corrected chi connectivity index (χ3v) is 6.38. The van der Waals surface area contributed by atoms with Crippen molar-refractivity contribution in [2.75, 3.05) is 31.6 Å². The zero-order chi connectivity index (χ0) is 19.8. The molecule has 2 aromatic heterocycles. The SMILES string of the molecule is CCc1cnc(CCNC(=NC)NCc2ccc(N3CCC(C)CC3)nc2)s1. The quantitative estimate of drug-likeness (QED) is 0.552. The fourth-order valence-electron chi connectivity index (χ4n) is 3.27. The molecule has 1 saturated heterocycles. The Labute approximate surface area is 172 Å². The van der Waals surface area contributed by atoms with Gasteiger partial charge in [0.2, 0.25) is 0 Å². The largest absolute Gasteiger partial charge is 0.357 e. The topological polar surface area (TPSA) is 65.4 Å². The van der Waals surface area contributed by atoms with E-state index in [9.17, 15) is 0 Å². The van der Waals surface area contributed by atoms with Crippen LogP contribution in [0.4, 0.5) is 5.82 Å². The van der Waals surface area contributed by atoms with Gasteiger partial charge in [-0.25, -0.2) is 9.97 Å². The molecule has 1 fully saturated rings. The van der Waals surface area contributed by atoms with Gasteiger partial charge in [0.1, 0.15) is 5.82 Å². The zero-order valence-electron chi connectivity index (χ0n) is 17.2. The molecule has 0 atom stereocenters. The Kier molecular flexibility index (Phi) is 7.65. The normalized spacial score (nSPS) is 15.7. The van der Waals surface area contributed by atoms with Crippen LogP contribution in [0.5, 0.6) is 0 Å². The maximum atomic E-state index is 4.66. The maximum absolute atomic E-state index is 4.66. The standard InChI is InChI=1S/C21H32N6S/c1-4-18-15-25-20(28-18)7-10-23-21(22-3)26-14-17-5-6-19(24-13-17)27-11-8-16(2)9-12-27/h5-6,13,15-16H,4,7-12,14H2,1-3H3,(H2,22,23,26). The summed E-state index contributed by atoms with van der Waals surface area (Å²) in [4.78, 5) is 17.2. The lowest BCUT2D eigenvalue weighted by molar-refractivity contribution is 0.436. The number of guanidine groups is 1. The molecule has 152 valence electrons. The minimum Gasteiger partial charge on any atom is -0.357 e. The summed E-state index contributed by atoms with van der Waals surface area (Å²) >= 11 is 1.79. The number of aliphatic imine (C=N–C) groups is 1. The fraction of sp³-hybridized carbons (Fsp3) is 0.571. The average molecular weight is 401 g/mol. The van der Waals surface area contributed by atoms with Crippen molar-refractivity contribution >= 4 is 23.1 Å². The van der Waals surface area contributed by atoms with Crippen molar-refractivity contribution in [3.05, 3.63) is 40.0 Å². The molecule has 3 heterocycles. The Morgan fingerprint density at radius 2 is 2.04 bits per heavy atom. The van der Waals surface area contributed by atoms with E-state index in [2.05, 4.69) is 56.5 Å². The van der Waals surface area contributed by atoms with Gasteiger partial charge in [0.15, 0.2) is 5.96 Å². The van der Waals surface area contributed by atoms with Crippen LogP contribution in [0.2, 0.25) is 0 Å². The number of pyridine rings is 1. The highest BCUT2D eigenvalue weighted by Gasteiger charge is 2.16. The van der Waals surface area contributed by atoms with E-state index in [0.29, 0.717) is 6.54 Å². The second-order valence-corrected chi connectivity index (χ2v) is 8.57. The van der Waals surface area contributed by atoms with Crippen molar-refractivity contribution in [1.82, 2.24) is 20.6 Å². The van der Waals surface area contributed by atoms with Gasteiger partial charge < -0.3 is 15.5 Å². The van der Waals surface area contributed by atoms with Gasteiger partial charge in [0, 0.05) is 56.9 Å². The minimum atomic E-state index is 0.710. The second kappa shape index (κ2) is 10.4. The van der Waals surface area contributed by atoms with Crippen LogP contribution < -0.4 is 15.5 Å². The van der Waals surface area contributed by atoms with Crippen LogP contribution in [0.1, 0.15) is 42.1 Å². The molecule has 0 spiro atoms. The molecular formula is C21H32N6S. The van der Waals surface area contributed by atoms with E-state index in [4.69, 9.17) is 0 Å². The smallest absolute Gasteiger partial charge is 0.191 e. The molecule has 28 heavy (non-hydrogen) atoms. The molecule has 7 heteroatoms. The summed E-state index contributed by atoms with van der Waals surface area (Å²) in [5.74, 6) is 2.73. The number of aromatic nitrogens is 2. The number of rotatable bonds is 7. The van der Waals surface area contributed by atoms with Gasteiger partial charge in [0.25, 0.3) is 0 Å². The molecule has 0 amide bonds. The van der Waals surface area contributed by atoms with E-state index >= 15 is 0 Å². The predicted molar refractivity (Wildman–Crippen MR) is 118 cm³/mol. The number of nitrogens with zero attached hydrogens (tertiary/aromatic N) is 4. The summed E-state index contributed by atoms with van der Waals surface area (Å²) in [6, 6.07) is 4.29. The first-order valence-electron chi connectivity index (χ1n) is 10.3. The third-order valence-electron chi connectivity index (χ3n) is 5.18. The fourth-order valence-corrected chi connectivity index (χ4v) is 4.13. The van der Waals surface area contributed by atoms with E-state index in [1.807, 2.05) is 12.4 Å². The van der Waals surface area contributed by atoms with Crippen LogP contribution >= 0.6 is 11.3 Å². The molecule has 0 bridgehead atoms. The van der Waals surface area contributed by atoms with Crippen LogP contribution in [0, 0.1) is 5.92 Å². The molecule has 2 aromatic rings. The van der Waals surface area contributed by atoms with Crippen LogP contribution in [-0.4, -0.2) is 42.6 Å². The van der Waals surface area contributed by atoms with Crippen LogP contribution in [0.25, 0.3) is 0 Å². The van der Waals surface area contributed by atoms with E-state index in [0.717, 1.165) is 55.7 Å². The summed E-state index contributed by atoms with van der Waals surface area (Å²) in [6.07, 6.45) is 8.43. The highest BCUT2D eigenvalue weighted by molar-refractivity contribution is 7.11. The van der Waals surface area contributed by atoms with Crippen molar-refractivity contribution < 1.29 is 0 Å². The van der Waals surface area contributed by atoms with Crippen molar-refractivity contribution in [3.8, 4) is 0 Å². The van der Waals surface area contributed by atoms with Gasteiger partial charge >= 0.3 is 0 Å². The van der Waals surface area contributed by atoms with Gasteiger partial charge in [-0.2, -0.15) is 0 Å². The second-order valence-electron chi connectivity index (χ2n) is 7.37. The lowest BCUT2D eigenvalue weighted by atomic mass is 9.99. The molecule has 0 unspecified atom stereocenters. The van der Waals surface area contributed by atoms with E-state index < -0.39 is 0 Å². The average Bonchev–Trinajstić information content (AvgIpc) is 3.19. The van der Waals surface area contributed by atoms with Crippen molar-refractivity contribution in [2.24, 2.45) is 10.9 Å². The van der Waals surface area contributed by atoms with Crippen LogP contribution in [0.15, 0.2) is 29.5 Å². The first-order valence-corrected chi connectivity index (χ1v) is 11.1. The van der Waals surface area contributed by atoms with E-state index in [-0.39, 0.29) is 0 Å². The van der Waals surface area contributed by atoms with Gasteiger partial charge in [-0.3, -0.25) is 4.99 Å². The van der Waals surface area contributed by atoms with Crippen molar-refractivity contribution in [2.45, 2.75) is 46.1 Å². The molecule has 2 N–H and O–H groups in total. The monoisotopic (exact) mass is 400 g/mol. The van der Waals surface area contributed by atoms with Crippen molar-refractivity contribution in [3.63, 3.8) is 0 Å². The number of anilines is 1. The van der Waals surface area contributed by atoms with Crippen LogP contribution in [0.3, 0.4) is 0 Å². The summed E-state index contributed by atoms with van der Waals surface area (Å²) in [6.45, 7) is 8.25. The first kappa shape index (κ1) is 20.6. The van der Waals surface area contributed by atoms with Gasteiger partial charge in [-0.05, 0) is 36.8 Å². The Balaban J connectivity index is 1.41. The lowest BCUT2D eigenvalue weighted by Gasteiger charge is -2.31. The van der Waals surface area contributed by atoms with Crippen molar-refractivity contribution in [1.29, 1.82) is 0 Å². The molecule has 0 aliphatic carbocycles. The number of thiazole rings is 1. The molecule has 1 aliphatic heterocycles. The number of nitrogens with one attached hydrogen (secondary N) is 2. The Hall–Kier alpha value is -2.15. The Bertz CT molecular complexity index is 747. The lowest BCUT2D eigenvalue weighted by Crippen LogP contribution is -2.38. The number of piperidine rings is 1. The molecule has 0 saturated carbocycles. The predicted octanol–water partition coefficient (Wildman–Crippen LogP) is 3.24. The summed E-state index contributed by atoms with van der Waals surface area (Å²) in [5.41, 5.74) is 1.16. The molecule has 0 radical (unpaired) electrons. The molecule has 3 rings (SSSR count). The summed E-state index contributed by atoms with van der Waals surface area (Å²) < 4.78 is 0. The molecule has 0 aromatic carbocycles. The third kappa shape index (κ3) is 5.92. The first-order chi connectivity index (χ1) is 13.7. The van der Waals surface area contributed by atoms with Gasteiger partial charge in [0.05, 0.1) is 5.01 Å². The van der Waals surface area contributed by atoms with E-state index in [1.54, 1.807) is 18.4 Å². The Morgan fingerprint density at radius 3 is 2.68 bits per heavy atom. The maximum Gasteiger partial charge on any atom is 0.191 e. The molecular weight excluding hydrogens is 368 g/mol. The molecule has 6 nitrogen and oxygen atoms in total.